The molecule has 2 N–H and O–H groups in total. The van der Waals surface area contributed by atoms with Gasteiger partial charge in [-0.25, -0.2) is 0 Å². The molecular formula is C16H32N4O. The summed E-state index contributed by atoms with van der Waals surface area (Å²) in [5.74, 6) is 1.64. The molecule has 2 aliphatic heterocycles. The van der Waals surface area contributed by atoms with Crippen molar-refractivity contribution in [2.45, 2.75) is 51.7 Å². The number of nitrogens with zero attached hydrogens (tertiary/aromatic N) is 2. The van der Waals surface area contributed by atoms with Gasteiger partial charge in [-0.1, -0.05) is 13.8 Å². The minimum Gasteiger partial charge on any atom is -0.376 e. The second-order valence-corrected chi connectivity index (χ2v) is 6.65. The number of guanidine groups is 1. The molecule has 2 fully saturated rings. The Morgan fingerprint density at radius 1 is 1.24 bits per heavy atom. The first-order chi connectivity index (χ1) is 10.2. The van der Waals surface area contributed by atoms with Gasteiger partial charge in [0.1, 0.15) is 0 Å². The van der Waals surface area contributed by atoms with Crippen molar-refractivity contribution in [3.8, 4) is 0 Å². The fraction of sp³-hybridized carbons (Fsp3) is 0.938. The summed E-state index contributed by atoms with van der Waals surface area (Å²) in [5, 5.41) is 6.87. The van der Waals surface area contributed by atoms with Gasteiger partial charge in [0.25, 0.3) is 0 Å². The molecular weight excluding hydrogens is 264 g/mol. The van der Waals surface area contributed by atoms with Crippen LogP contribution in [0.1, 0.15) is 39.5 Å². The van der Waals surface area contributed by atoms with E-state index in [0.717, 1.165) is 38.0 Å². The zero-order valence-corrected chi connectivity index (χ0v) is 13.9. The largest absolute Gasteiger partial charge is 0.376 e. The van der Waals surface area contributed by atoms with Crippen LogP contribution < -0.4 is 10.6 Å². The van der Waals surface area contributed by atoms with Gasteiger partial charge in [0.05, 0.1) is 6.10 Å². The molecule has 0 aromatic heterocycles. The number of rotatable bonds is 6. The molecule has 0 aliphatic carbocycles. The van der Waals surface area contributed by atoms with E-state index in [1.54, 1.807) is 0 Å². The van der Waals surface area contributed by atoms with E-state index in [1.165, 1.54) is 32.4 Å². The smallest absolute Gasteiger partial charge is 0.191 e. The Balaban J connectivity index is 1.69. The van der Waals surface area contributed by atoms with E-state index >= 15 is 0 Å². The van der Waals surface area contributed by atoms with Gasteiger partial charge in [0, 0.05) is 39.3 Å². The first-order valence-electron chi connectivity index (χ1n) is 8.49. The third-order valence-corrected chi connectivity index (χ3v) is 4.35. The summed E-state index contributed by atoms with van der Waals surface area (Å²) in [5.41, 5.74) is 0. The summed E-state index contributed by atoms with van der Waals surface area (Å²) in [7, 11) is 1.84. The highest BCUT2D eigenvalue weighted by Crippen LogP contribution is 2.17. The number of likely N-dealkylation sites (tertiary alicyclic amines) is 1. The molecule has 0 radical (unpaired) electrons. The van der Waals surface area contributed by atoms with Crippen LogP contribution in [0.5, 0.6) is 0 Å². The highest BCUT2D eigenvalue weighted by molar-refractivity contribution is 5.79. The number of aliphatic imine (C=N–C) groups is 1. The monoisotopic (exact) mass is 296 g/mol. The molecule has 2 rings (SSSR count). The quantitative estimate of drug-likeness (QED) is 0.575. The number of hydrogen-bond acceptors (Lipinski definition) is 3. The number of ether oxygens (including phenoxy) is 1. The number of hydrogen-bond donors (Lipinski definition) is 2. The predicted octanol–water partition coefficient (Wildman–Crippen LogP) is 1.45. The van der Waals surface area contributed by atoms with Crippen molar-refractivity contribution in [1.29, 1.82) is 0 Å². The van der Waals surface area contributed by atoms with Gasteiger partial charge < -0.3 is 15.4 Å². The van der Waals surface area contributed by atoms with Crippen molar-refractivity contribution in [3.63, 3.8) is 0 Å². The summed E-state index contributed by atoms with van der Waals surface area (Å²) in [4.78, 5) is 6.93. The molecule has 0 saturated carbocycles. The van der Waals surface area contributed by atoms with E-state index < -0.39 is 0 Å². The number of nitrogens with one attached hydrogen (secondary N) is 2. The van der Waals surface area contributed by atoms with Crippen molar-refractivity contribution in [1.82, 2.24) is 15.5 Å². The third kappa shape index (κ3) is 5.47. The van der Waals surface area contributed by atoms with Gasteiger partial charge in [0.15, 0.2) is 5.96 Å². The normalized spacial score (nSPS) is 27.5. The lowest BCUT2D eigenvalue weighted by atomic mass is 10.1. The van der Waals surface area contributed by atoms with Crippen LogP contribution in [-0.2, 0) is 4.74 Å². The van der Waals surface area contributed by atoms with E-state index in [9.17, 15) is 0 Å². The van der Waals surface area contributed by atoms with E-state index in [4.69, 9.17) is 4.74 Å². The lowest BCUT2D eigenvalue weighted by molar-refractivity contribution is 0.113. The predicted molar refractivity (Wildman–Crippen MR) is 87.8 cm³/mol. The Morgan fingerprint density at radius 2 is 2.05 bits per heavy atom. The maximum Gasteiger partial charge on any atom is 0.191 e. The summed E-state index contributed by atoms with van der Waals surface area (Å²) in [6, 6.07) is 0.647. The molecule has 0 aromatic rings. The highest BCUT2D eigenvalue weighted by atomic mass is 16.5. The molecule has 2 saturated heterocycles. The van der Waals surface area contributed by atoms with Crippen LogP contribution in [0.3, 0.4) is 0 Å². The standard InChI is InChI=1S/C16H32N4O/c1-13(2)12-20-8-4-6-14(20)10-18-16(17-3)19-11-15-7-5-9-21-15/h13-15H,4-12H2,1-3H3,(H2,17,18,19)/t14-,15?/m1/s1. The summed E-state index contributed by atoms with van der Waals surface area (Å²) in [6.45, 7) is 9.79. The van der Waals surface area contributed by atoms with E-state index in [-0.39, 0.29) is 0 Å². The Morgan fingerprint density at radius 3 is 2.71 bits per heavy atom. The molecule has 0 bridgehead atoms. The topological polar surface area (TPSA) is 48.9 Å². The van der Waals surface area contributed by atoms with E-state index in [1.807, 2.05) is 7.05 Å². The summed E-state index contributed by atoms with van der Waals surface area (Å²) < 4.78 is 5.63. The van der Waals surface area contributed by atoms with Crippen molar-refractivity contribution in [2.75, 3.05) is 39.8 Å². The van der Waals surface area contributed by atoms with Crippen molar-refractivity contribution in [2.24, 2.45) is 10.9 Å². The molecule has 0 spiro atoms. The first kappa shape index (κ1) is 16.6. The van der Waals surface area contributed by atoms with Crippen LogP contribution in [0.25, 0.3) is 0 Å². The zero-order valence-electron chi connectivity index (χ0n) is 13.9. The average molecular weight is 296 g/mol. The van der Waals surface area contributed by atoms with Gasteiger partial charge in [-0.3, -0.25) is 9.89 Å². The van der Waals surface area contributed by atoms with Crippen LogP contribution in [0.15, 0.2) is 4.99 Å². The van der Waals surface area contributed by atoms with Crippen molar-refractivity contribution >= 4 is 5.96 Å². The lowest BCUT2D eigenvalue weighted by Crippen LogP contribution is -2.47. The van der Waals surface area contributed by atoms with Gasteiger partial charge in [0.2, 0.25) is 0 Å². The Labute approximate surface area is 129 Å². The Bertz CT molecular complexity index is 326. The molecule has 2 aliphatic rings. The van der Waals surface area contributed by atoms with Crippen LogP contribution in [-0.4, -0.2) is 62.8 Å². The summed E-state index contributed by atoms with van der Waals surface area (Å²) >= 11 is 0. The second-order valence-electron chi connectivity index (χ2n) is 6.65. The van der Waals surface area contributed by atoms with Gasteiger partial charge in [-0.05, 0) is 38.1 Å². The molecule has 0 aromatic carbocycles. The van der Waals surface area contributed by atoms with Gasteiger partial charge >= 0.3 is 0 Å². The summed E-state index contributed by atoms with van der Waals surface area (Å²) in [6.07, 6.45) is 5.32. The molecule has 2 heterocycles. The van der Waals surface area contributed by atoms with Gasteiger partial charge in [-0.15, -0.1) is 0 Å². The van der Waals surface area contributed by atoms with Crippen molar-refractivity contribution < 1.29 is 4.74 Å². The van der Waals surface area contributed by atoms with Crippen LogP contribution in [0, 0.1) is 5.92 Å². The molecule has 1 unspecified atom stereocenters. The van der Waals surface area contributed by atoms with E-state index in [0.29, 0.717) is 12.1 Å². The molecule has 122 valence electrons. The van der Waals surface area contributed by atoms with E-state index in [2.05, 4.69) is 34.4 Å². The maximum atomic E-state index is 5.63. The van der Waals surface area contributed by atoms with Crippen LogP contribution in [0.2, 0.25) is 0 Å². The third-order valence-electron chi connectivity index (χ3n) is 4.35. The minimum absolute atomic E-state index is 0.354. The highest BCUT2D eigenvalue weighted by Gasteiger charge is 2.25. The SMILES string of the molecule is CN=C(NCC1CCCO1)NC[C@H]1CCCN1CC(C)C. The molecule has 0 amide bonds. The zero-order chi connectivity index (χ0) is 15.1. The fourth-order valence-electron chi connectivity index (χ4n) is 3.29. The average Bonchev–Trinajstić information content (AvgIpc) is 3.10. The molecule has 5 heteroatoms. The van der Waals surface area contributed by atoms with Gasteiger partial charge in [-0.2, -0.15) is 0 Å². The fourth-order valence-corrected chi connectivity index (χ4v) is 3.29. The Kier molecular flexibility index (Phi) is 6.77. The maximum absolute atomic E-state index is 5.63. The first-order valence-corrected chi connectivity index (χ1v) is 8.49. The minimum atomic E-state index is 0.354. The van der Waals surface area contributed by atoms with Crippen LogP contribution in [0.4, 0.5) is 0 Å². The van der Waals surface area contributed by atoms with Crippen LogP contribution >= 0.6 is 0 Å². The molecule has 2 atom stereocenters. The molecule has 5 nitrogen and oxygen atoms in total. The lowest BCUT2D eigenvalue weighted by Gasteiger charge is -2.27. The second kappa shape index (κ2) is 8.59. The Hall–Kier alpha value is -0.810. The molecule has 21 heavy (non-hydrogen) atoms. The van der Waals surface area contributed by atoms with Crippen molar-refractivity contribution in [3.05, 3.63) is 0 Å².